The number of amides is 1. The monoisotopic (exact) mass is 215 g/mol. The molecule has 86 valence electrons. The van der Waals surface area contributed by atoms with Crippen LogP contribution >= 0.6 is 0 Å². The number of nitrogens with two attached hydrogens (primary N) is 1. The van der Waals surface area contributed by atoms with Crippen molar-refractivity contribution in [2.75, 3.05) is 7.11 Å². The fraction of sp³-hybridized carbons (Fsp3) is 0.400. The summed E-state index contributed by atoms with van der Waals surface area (Å²) in [5, 5.41) is 9.03. The summed E-state index contributed by atoms with van der Waals surface area (Å²) in [6.07, 6.45) is 0.765. The highest BCUT2D eigenvalue weighted by atomic mass is 16.5. The van der Waals surface area contributed by atoms with Crippen LogP contribution in [-0.4, -0.2) is 30.2 Å². The van der Waals surface area contributed by atoms with Crippen LogP contribution in [0.1, 0.15) is 13.3 Å². The predicted molar refractivity (Wildman–Crippen MR) is 56.8 cm³/mol. The zero-order valence-corrected chi connectivity index (χ0v) is 9.03. The van der Waals surface area contributed by atoms with E-state index in [2.05, 4.69) is 23.6 Å². The second-order valence-corrected chi connectivity index (χ2v) is 2.55. The predicted octanol–water partition coefficient (Wildman–Crippen LogP) is 0.144. The molecule has 3 N–H and O–H groups in total. The number of carbonyl (C=O) groups is 2. The van der Waals surface area contributed by atoms with Gasteiger partial charge in [-0.05, 0) is 12.5 Å². The first-order valence-electron chi connectivity index (χ1n) is 4.27. The molecule has 0 fully saturated rings. The van der Waals surface area contributed by atoms with Crippen LogP contribution in [0.5, 0.6) is 0 Å². The molecule has 0 heterocycles. The molecule has 0 aromatic rings. The van der Waals surface area contributed by atoms with Crippen LogP contribution < -0.4 is 5.73 Å². The maximum absolute atomic E-state index is 10.6. The minimum atomic E-state index is -0.771. The zero-order valence-electron chi connectivity index (χ0n) is 9.03. The quantitative estimate of drug-likeness (QED) is 0.515. The Morgan fingerprint density at radius 1 is 1.60 bits per heavy atom. The summed E-state index contributed by atoms with van der Waals surface area (Å²) in [5.41, 5.74) is 4.65. The fourth-order valence-electron chi connectivity index (χ4n) is 0.514. The Labute approximate surface area is 89.2 Å². The van der Waals surface area contributed by atoms with Crippen LogP contribution in [0.2, 0.25) is 0 Å². The second-order valence-electron chi connectivity index (χ2n) is 2.55. The number of primary amides is 1. The van der Waals surface area contributed by atoms with Crippen molar-refractivity contribution < 1.29 is 19.4 Å². The topological polar surface area (TPSA) is 89.6 Å². The lowest BCUT2D eigenvalue weighted by atomic mass is 10.1. The number of ether oxygens (including phenoxy) is 1. The van der Waals surface area contributed by atoms with E-state index in [1.54, 1.807) is 6.92 Å². The first-order chi connectivity index (χ1) is 6.90. The molecule has 15 heavy (non-hydrogen) atoms. The normalized spacial score (nSPS) is 10.3. The number of carbonyl (C=O) groups excluding carboxylic acids is 2. The van der Waals surface area contributed by atoms with Crippen molar-refractivity contribution in [3.05, 3.63) is 24.8 Å². The van der Waals surface area contributed by atoms with E-state index >= 15 is 0 Å². The summed E-state index contributed by atoms with van der Waals surface area (Å²) in [4.78, 5) is 20.1. The first kappa shape index (κ1) is 15.8. The van der Waals surface area contributed by atoms with Crippen molar-refractivity contribution >= 4 is 11.9 Å². The van der Waals surface area contributed by atoms with Crippen molar-refractivity contribution in [3.8, 4) is 0 Å². The van der Waals surface area contributed by atoms with E-state index in [-0.39, 0.29) is 5.57 Å². The Hall–Kier alpha value is -1.62. The van der Waals surface area contributed by atoms with Gasteiger partial charge < -0.3 is 15.6 Å². The number of methoxy groups -OCH3 is 1. The number of hydrogen-bond acceptors (Lipinski definition) is 4. The van der Waals surface area contributed by atoms with Crippen molar-refractivity contribution in [2.45, 2.75) is 19.4 Å². The van der Waals surface area contributed by atoms with Gasteiger partial charge in [0.15, 0.2) is 0 Å². The molecule has 0 aromatic heterocycles. The van der Waals surface area contributed by atoms with Crippen LogP contribution in [0.15, 0.2) is 24.8 Å². The smallest absolute Gasteiger partial charge is 0.335 e. The van der Waals surface area contributed by atoms with Gasteiger partial charge in [-0.3, -0.25) is 4.79 Å². The van der Waals surface area contributed by atoms with E-state index in [1.807, 2.05) is 0 Å². The molecule has 0 aromatic carbocycles. The van der Waals surface area contributed by atoms with Gasteiger partial charge in [-0.2, -0.15) is 0 Å². The Kier molecular flexibility index (Phi) is 9.45. The largest absolute Gasteiger partial charge is 0.466 e. The Morgan fingerprint density at radius 3 is 2.20 bits per heavy atom. The van der Waals surface area contributed by atoms with E-state index in [4.69, 9.17) is 5.11 Å². The van der Waals surface area contributed by atoms with Gasteiger partial charge >= 0.3 is 5.97 Å². The molecule has 5 nitrogen and oxygen atoms in total. The van der Waals surface area contributed by atoms with Crippen molar-refractivity contribution in [3.63, 3.8) is 0 Å². The summed E-state index contributed by atoms with van der Waals surface area (Å²) >= 11 is 0. The number of esters is 1. The van der Waals surface area contributed by atoms with Crippen LogP contribution in [0.25, 0.3) is 0 Å². The van der Waals surface area contributed by atoms with Crippen LogP contribution in [0.4, 0.5) is 0 Å². The summed E-state index contributed by atoms with van der Waals surface area (Å²) in [5.74, 6) is -1.03. The first-order valence-corrected chi connectivity index (χ1v) is 4.27. The third-order valence-corrected chi connectivity index (χ3v) is 1.44. The van der Waals surface area contributed by atoms with Gasteiger partial charge in [-0.1, -0.05) is 20.1 Å². The average molecular weight is 215 g/mol. The highest BCUT2D eigenvalue weighted by Crippen LogP contribution is 2.04. The van der Waals surface area contributed by atoms with Crippen molar-refractivity contribution in [2.24, 2.45) is 5.73 Å². The zero-order chi connectivity index (χ0) is 12.4. The molecule has 0 spiro atoms. The third kappa shape index (κ3) is 8.70. The van der Waals surface area contributed by atoms with Crippen LogP contribution in [-0.2, 0) is 14.3 Å². The molecule has 0 saturated heterocycles. The maximum atomic E-state index is 10.6. The molecule has 0 bridgehead atoms. The molecule has 5 heteroatoms. The van der Waals surface area contributed by atoms with Crippen molar-refractivity contribution in [1.29, 1.82) is 0 Å². The average Bonchev–Trinajstić information content (AvgIpc) is 2.26. The number of aliphatic hydroxyl groups is 1. The highest BCUT2D eigenvalue weighted by Gasteiger charge is 2.13. The molecule has 0 aliphatic carbocycles. The van der Waals surface area contributed by atoms with Gasteiger partial charge in [0, 0.05) is 0 Å². The van der Waals surface area contributed by atoms with Gasteiger partial charge in [0.1, 0.15) is 0 Å². The molecule has 0 aliphatic rings. The Bertz CT molecular complexity index is 248. The molecule has 0 rings (SSSR count). The van der Waals surface area contributed by atoms with Crippen LogP contribution in [0, 0.1) is 0 Å². The highest BCUT2D eigenvalue weighted by molar-refractivity contribution is 5.88. The maximum Gasteiger partial charge on any atom is 0.335 e. The number of aliphatic hydroxyl groups excluding tert-OH is 1. The van der Waals surface area contributed by atoms with E-state index < -0.39 is 18.0 Å². The Balaban J connectivity index is 0. The molecule has 0 saturated carbocycles. The van der Waals surface area contributed by atoms with E-state index in [1.165, 1.54) is 7.11 Å². The lowest BCUT2D eigenvalue weighted by molar-refractivity contribution is -0.137. The van der Waals surface area contributed by atoms with Gasteiger partial charge in [0.05, 0.1) is 18.8 Å². The minimum Gasteiger partial charge on any atom is -0.466 e. The minimum absolute atomic E-state index is 0.116. The van der Waals surface area contributed by atoms with E-state index in [9.17, 15) is 9.59 Å². The molecular weight excluding hydrogens is 198 g/mol. The summed E-state index contributed by atoms with van der Waals surface area (Å²) in [6, 6.07) is 0. The molecule has 0 aliphatic heterocycles. The van der Waals surface area contributed by atoms with Crippen molar-refractivity contribution in [1.82, 2.24) is 0 Å². The van der Waals surface area contributed by atoms with Gasteiger partial charge in [0.2, 0.25) is 5.91 Å². The molecule has 0 radical (unpaired) electrons. The van der Waals surface area contributed by atoms with E-state index in [0.29, 0.717) is 6.42 Å². The van der Waals surface area contributed by atoms with Crippen LogP contribution in [0.3, 0.4) is 0 Å². The summed E-state index contributed by atoms with van der Waals surface area (Å²) in [7, 11) is 1.26. The number of hydrogen-bond donors (Lipinski definition) is 2. The molecular formula is C10H17NO4. The standard InChI is InChI=1S/C7H12O3.C3H5NO/c1-4-6(8)5(2)7(9)10-3;1-2-3(4)5/h6,8H,2,4H2,1,3H3;2H,1H2,(H2,4,5). The van der Waals surface area contributed by atoms with Gasteiger partial charge in [-0.15, -0.1) is 0 Å². The SMILES string of the molecule is C=C(C(=O)OC)C(O)CC.C=CC(N)=O. The van der Waals surface area contributed by atoms with Gasteiger partial charge in [0.25, 0.3) is 0 Å². The third-order valence-electron chi connectivity index (χ3n) is 1.44. The fourth-order valence-corrected chi connectivity index (χ4v) is 0.514. The lowest BCUT2D eigenvalue weighted by Gasteiger charge is -2.07. The molecule has 1 amide bonds. The van der Waals surface area contributed by atoms with E-state index in [0.717, 1.165) is 6.08 Å². The second kappa shape index (κ2) is 8.96. The summed E-state index contributed by atoms with van der Waals surface area (Å²) in [6.45, 7) is 8.22. The van der Waals surface area contributed by atoms with Gasteiger partial charge in [-0.25, -0.2) is 4.79 Å². The molecule has 1 atom stereocenters. The summed E-state index contributed by atoms with van der Waals surface area (Å²) < 4.78 is 4.34. The lowest BCUT2D eigenvalue weighted by Crippen LogP contribution is -2.17. The Morgan fingerprint density at radius 2 is 2.00 bits per heavy atom. The number of rotatable bonds is 4. The molecule has 1 unspecified atom stereocenters.